The third-order valence-electron chi connectivity index (χ3n) is 3.18. The average Bonchev–Trinajstić information content (AvgIpc) is 2.80. The molecule has 2 nitrogen and oxygen atoms in total. The molecule has 2 aromatic rings. The van der Waals surface area contributed by atoms with E-state index in [9.17, 15) is 4.39 Å². The van der Waals surface area contributed by atoms with Crippen LogP contribution in [0.2, 0.25) is 0 Å². The van der Waals surface area contributed by atoms with Gasteiger partial charge in [0.2, 0.25) is 0 Å². The molecule has 0 unspecified atom stereocenters. The molecule has 0 aliphatic heterocycles. The average molecular weight is 278 g/mol. The quantitative estimate of drug-likeness (QED) is 0.736. The number of halogens is 1. The molecule has 0 amide bonds. The van der Waals surface area contributed by atoms with Crippen molar-refractivity contribution < 1.29 is 4.39 Å². The largest absolute Gasteiger partial charge is 0.335 e. The zero-order valence-corrected chi connectivity index (χ0v) is 12.2. The summed E-state index contributed by atoms with van der Waals surface area (Å²) in [6.07, 6.45) is 4.89. The van der Waals surface area contributed by atoms with Crippen molar-refractivity contribution in [2.45, 2.75) is 32.1 Å². The number of hydrogen-bond acceptors (Lipinski definition) is 2. The first-order chi connectivity index (χ1) is 9.18. The summed E-state index contributed by atoms with van der Waals surface area (Å²) in [4.78, 5) is 4.20. The van der Waals surface area contributed by atoms with Gasteiger partial charge in [-0.3, -0.25) is 0 Å². The number of aryl methyl sites for hydroxylation is 2. The Hall–Kier alpha value is -1.29. The van der Waals surface area contributed by atoms with Gasteiger partial charge in [0.25, 0.3) is 0 Å². The van der Waals surface area contributed by atoms with Crippen LogP contribution in [0, 0.1) is 12.7 Å². The summed E-state index contributed by atoms with van der Waals surface area (Å²) in [5, 5.41) is 0.199. The smallest absolute Gasteiger partial charge is 0.127 e. The summed E-state index contributed by atoms with van der Waals surface area (Å²) in [6, 6.07) is 7.02. The van der Waals surface area contributed by atoms with E-state index in [0.29, 0.717) is 0 Å². The summed E-state index contributed by atoms with van der Waals surface area (Å²) in [7, 11) is 0. The first kappa shape index (κ1) is 14.1. The Balaban J connectivity index is 1.77. The summed E-state index contributed by atoms with van der Waals surface area (Å²) in [5.41, 5.74) is 0.798. The van der Waals surface area contributed by atoms with Crippen molar-refractivity contribution in [1.82, 2.24) is 9.55 Å². The monoisotopic (exact) mass is 278 g/mol. The topological polar surface area (TPSA) is 17.8 Å². The third kappa shape index (κ3) is 3.83. The molecule has 102 valence electrons. The predicted octanol–water partition coefficient (Wildman–Crippen LogP) is 4.22. The van der Waals surface area contributed by atoms with E-state index in [2.05, 4.69) is 16.5 Å². The molecular formula is C15H19FN2S. The molecule has 1 aromatic carbocycles. The molecule has 0 saturated heterocycles. The van der Waals surface area contributed by atoms with Gasteiger partial charge >= 0.3 is 0 Å². The van der Waals surface area contributed by atoms with Crippen LogP contribution in [0.1, 0.15) is 30.0 Å². The fourth-order valence-corrected chi connectivity index (χ4v) is 3.05. The van der Waals surface area contributed by atoms with Gasteiger partial charge in [0.05, 0.1) is 0 Å². The maximum absolute atomic E-state index is 13.6. The predicted molar refractivity (Wildman–Crippen MR) is 78.9 cm³/mol. The summed E-state index contributed by atoms with van der Waals surface area (Å²) < 4.78 is 15.7. The van der Waals surface area contributed by atoms with Gasteiger partial charge in [-0.05, 0) is 32.1 Å². The molecule has 0 radical (unpaired) electrons. The number of aromatic nitrogens is 2. The Morgan fingerprint density at radius 3 is 2.84 bits per heavy atom. The Bertz CT molecular complexity index is 524. The van der Waals surface area contributed by atoms with Crippen molar-refractivity contribution in [2.24, 2.45) is 0 Å². The Labute approximate surface area is 118 Å². The molecule has 0 aliphatic carbocycles. The summed E-state index contributed by atoms with van der Waals surface area (Å²) in [6.45, 7) is 5.05. The Morgan fingerprint density at radius 1 is 1.37 bits per heavy atom. The van der Waals surface area contributed by atoms with E-state index in [-0.39, 0.29) is 11.1 Å². The maximum atomic E-state index is 13.6. The van der Waals surface area contributed by atoms with Crippen LogP contribution in [0.4, 0.5) is 4.39 Å². The molecule has 1 aromatic heterocycles. The van der Waals surface area contributed by atoms with Gasteiger partial charge in [-0.15, -0.1) is 0 Å². The highest BCUT2D eigenvalue weighted by Gasteiger charge is 2.10. The molecule has 0 N–H and O–H groups in total. The van der Waals surface area contributed by atoms with Crippen molar-refractivity contribution in [3.8, 4) is 0 Å². The second-order valence-corrected chi connectivity index (χ2v) is 6.00. The molecule has 1 heterocycles. The van der Waals surface area contributed by atoms with E-state index < -0.39 is 0 Å². The Kier molecular flexibility index (Phi) is 5.02. The van der Waals surface area contributed by atoms with Crippen LogP contribution in [0.5, 0.6) is 0 Å². The standard InChI is InChI=1S/C15H19FN2S/c1-12(14-6-3-4-7-15(14)16)19-11-5-9-18-10-8-17-13(18)2/h3-4,6-8,10,12H,5,9,11H2,1-2H3/t12-/m1/s1. The highest BCUT2D eigenvalue weighted by molar-refractivity contribution is 7.99. The fraction of sp³-hybridized carbons (Fsp3) is 0.400. The van der Waals surface area contributed by atoms with Crippen LogP contribution in [0.15, 0.2) is 36.7 Å². The van der Waals surface area contributed by atoms with E-state index in [1.807, 2.05) is 31.5 Å². The van der Waals surface area contributed by atoms with Crippen molar-refractivity contribution in [3.63, 3.8) is 0 Å². The number of hydrogen-bond donors (Lipinski definition) is 0. The van der Waals surface area contributed by atoms with Gasteiger partial charge in [-0.2, -0.15) is 11.8 Å². The first-order valence-electron chi connectivity index (χ1n) is 6.52. The molecule has 0 bridgehead atoms. The molecule has 0 aliphatic rings. The van der Waals surface area contributed by atoms with Crippen LogP contribution in [0.25, 0.3) is 0 Å². The van der Waals surface area contributed by atoms with E-state index in [4.69, 9.17) is 0 Å². The minimum atomic E-state index is -0.104. The molecule has 19 heavy (non-hydrogen) atoms. The van der Waals surface area contributed by atoms with Crippen molar-refractivity contribution in [1.29, 1.82) is 0 Å². The highest BCUT2D eigenvalue weighted by atomic mass is 32.2. The van der Waals surface area contributed by atoms with E-state index in [0.717, 1.165) is 30.1 Å². The number of rotatable bonds is 6. The first-order valence-corrected chi connectivity index (χ1v) is 7.57. The van der Waals surface area contributed by atoms with Gasteiger partial charge < -0.3 is 4.57 Å². The lowest BCUT2D eigenvalue weighted by Crippen LogP contribution is -2.01. The fourth-order valence-electron chi connectivity index (χ4n) is 2.03. The second kappa shape index (κ2) is 6.75. The molecular weight excluding hydrogens is 259 g/mol. The van der Waals surface area contributed by atoms with Crippen LogP contribution in [-0.4, -0.2) is 15.3 Å². The molecule has 0 spiro atoms. The van der Waals surface area contributed by atoms with Crippen LogP contribution < -0.4 is 0 Å². The van der Waals surface area contributed by atoms with Gasteiger partial charge in [0.15, 0.2) is 0 Å². The lowest BCUT2D eigenvalue weighted by atomic mass is 10.1. The number of thioether (sulfide) groups is 1. The van der Waals surface area contributed by atoms with Crippen molar-refractivity contribution in [3.05, 3.63) is 53.9 Å². The molecule has 4 heteroatoms. The zero-order chi connectivity index (χ0) is 13.7. The highest BCUT2D eigenvalue weighted by Crippen LogP contribution is 2.30. The van der Waals surface area contributed by atoms with Gasteiger partial charge in [-0.1, -0.05) is 18.2 Å². The lowest BCUT2D eigenvalue weighted by Gasteiger charge is -2.12. The molecule has 0 fully saturated rings. The van der Waals surface area contributed by atoms with E-state index in [1.54, 1.807) is 17.8 Å². The van der Waals surface area contributed by atoms with Gasteiger partial charge in [0.1, 0.15) is 11.6 Å². The van der Waals surface area contributed by atoms with E-state index >= 15 is 0 Å². The SMILES string of the molecule is Cc1nccn1CCCS[C@H](C)c1ccccc1F. The number of imidazole rings is 1. The van der Waals surface area contributed by atoms with Crippen molar-refractivity contribution in [2.75, 3.05) is 5.75 Å². The van der Waals surface area contributed by atoms with Gasteiger partial charge in [0, 0.05) is 29.8 Å². The van der Waals surface area contributed by atoms with Crippen LogP contribution in [0.3, 0.4) is 0 Å². The Morgan fingerprint density at radius 2 is 2.16 bits per heavy atom. The minimum Gasteiger partial charge on any atom is -0.335 e. The number of benzene rings is 1. The zero-order valence-electron chi connectivity index (χ0n) is 11.3. The second-order valence-electron chi connectivity index (χ2n) is 4.56. The molecule has 0 saturated carbocycles. The van der Waals surface area contributed by atoms with Gasteiger partial charge in [-0.25, -0.2) is 9.37 Å². The third-order valence-corrected chi connectivity index (χ3v) is 4.46. The minimum absolute atomic E-state index is 0.104. The van der Waals surface area contributed by atoms with Crippen LogP contribution >= 0.6 is 11.8 Å². The number of nitrogens with zero attached hydrogens (tertiary/aromatic N) is 2. The van der Waals surface area contributed by atoms with Crippen molar-refractivity contribution >= 4 is 11.8 Å². The van der Waals surface area contributed by atoms with Crippen LogP contribution in [-0.2, 0) is 6.54 Å². The molecule has 2 rings (SSSR count). The normalized spacial score (nSPS) is 12.6. The van der Waals surface area contributed by atoms with E-state index in [1.165, 1.54) is 6.07 Å². The lowest BCUT2D eigenvalue weighted by molar-refractivity contribution is 0.610. The molecule has 1 atom stereocenters. The summed E-state index contributed by atoms with van der Waals surface area (Å²) in [5.74, 6) is 1.97. The summed E-state index contributed by atoms with van der Waals surface area (Å²) >= 11 is 1.80. The maximum Gasteiger partial charge on any atom is 0.127 e.